The van der Waals surface area contributed by atoms with Crippen molar-refractivity contribution in [1.29, 1.82) is 0 Å². The zero-order valence-corrected chi connectivity index (χ0v) is 18.4. The summed E-state index contributed by atoms with van der Waals surface area (Å²) in [6, 6.07) is 11.6. The van der Waals surface area contributed by atoms with Gasteiger partial charge in [-0.05, 0) is 45.6 Å². The molecule has 0 fully saturated rings. The molecule has 0 unspecified atom stereocenters. The standard InChI is InChI=1S/C20H23BrN4OSi/c1-27(2,3)9-8-26-13-25-20-17(11-16(21)12-23-20)19(24-25)15-5-4-14-6-7-22-18(14)10-15/h4-7,10-12,22H,8-9,13H2,1-3H3. The first-order valence-electron chi connectivity index (χ1n) is 9.08. The lowest BCUT2D eigenvalue weighted by Gasteiger charge is -2.15. The quantitative estimate of drug-likeness (QED) is 0.309. The monoisotopic (exact) mass is 442 g/mol. The number of H-pyrrole nitrogens is 1. The Morgan fingerprint density at radius 1 is 1.19 bits per heavy atom. The molecular formula is C20H23BrN4OSi. The zero-order chi connectivity index (χ0) is 19.0. The number of ether oxygens (including phenoxy) is 1. The van der Waals surface area contributed by atoms with Crippen LogP contribution in [0.15, 0.2) is 47.2 Å². The van der Waals surface area contributed by atoms with E-state index < -0.39 is 8.07 Å². The summed E-state index contributed by atoms with van der Waals surface area (Å²) in [5, 5.41) is 7.04. The molecule has 4 aromatic rings. The molecule has 0 saturated carbocycles. The lowest BCUT2D eigenvalue weighted by Crippen LogP contribution is -2.22. The van der Waals surface area contributed by atoms with Crippen molar-refractivity contribution >= 4 is 45.9 Å². The van der Waals surface area contributed by atoms with Crippen LogP contribution in [-0.2, 0) is 11.5 Å². The molecule has 0 saturated heterocycles. The molecule has 140 valence electrons. The molecule has 3 heterocycles. The normalized spacial score (nSPS) is 12.3. The number of nitrogens with one attached hydrogen (secondary N) is 1. The Bertz CT molecular complexity index is 1100. The van der Waals surface area contributed by atoms with Crippen LogP contribution in [0.3, 0.4) is 0 Å². The van der Waals surface area contributed by atoms with Crippen molar-refractivity contribution in [3.63, 3.8) is 0 Å². The Balaban J connectivity index is 1.69. The first-order chi connectivity index (χ1) is 12.9. The third-order valence-corrected chi connectivity index (χ3v) is 6.73. The predicted octanol–water partition coefficient (Wildman–Crippen LogP) is 5.65. The first-order valence-corrected chi connectivity index (χ1v) is 13.6. The van der Waals surface area contributed by atoms with Crippen molar-refractivity contribution in [1.82, 2.24) is 19.7 Å². The largest absolute Gasteiger partial charge is 0.361 e. The molecule has 0 radical (unpaired) electrons. The van der Waals surface area contributed by atoms with Gasteiger partial charge in [0.2, 0.25) is 0 Å². The van der Waals surface area contributed by atoms with E-state index in [9.17, 15) is 0 Å². The first kappa shape index (κ1) is 18.4. The molecule has 1 aromatic carbocycles. The highest BCUT2D eigenvalue weighted by Crippen LogP contribution is 2.30. The Labute approximate surface area is 167 Å². The average Bonchev–Trinajstić information content (AvgIpc) is 3.21. The minimum absolute atomic E-state index is 0.417. The second kappa shape index (κ2) is 7.22. The molecule has 5 nitrogen and oxygen atoms in total. The van der Waals surface area contributed by atoms with Crippen molar-refractivity contribution in [2.45, 2.75) is 32.4 Å². The smallest absolute Gasteiger partial charge is 0.160 e. The maximum absolute atomic E-state index is 5.92. The van der Waals surface area contributed by atoms with E-state index in [1.807, 2.05) is 10.9 Å². The number of aromatic nitrogens is 4. The molecular weight excluding hydrogens is 420 g/mol. The van der Waals surface area contributed by atoms with Crippen molar-refractivity contribution in [2.75, 3.05) is 6.61 Å². The third kappa shape index (κ3) is 4.00. The van der Waals surface area contributed by atoms with Gasteiger partial charge in [0, 0.05) is 48.0 Å². The molecule has 0 atom stereocenters. The molecule has 4 rings (SSSR count). The van der Waals surface area contributed by atoms with E-state index in [2.05, 4.69) is 75.9 Å². The van der Waals surface area contributed by atoms with Crippen LogP contribution < -0.4 is 0 Å². The van der Waals surface area contributed by atoms with E-state index >= 15 is 0 Å². The van der Waals surface area contributed by atoms with Crippen LogP contribution in [0.4, 0.5) is 0 Å². The lowest BCUT2D eigenvalue weighted by atomic mass is 10.1. The number of nitrogens with zero attached hydrogens (tertiary/aromatic N) is 3. The van der Waals surface area contributed by atoms with Gasteiger partial charge in [-0.1, -0.05) is 31.8 Å². The van der Waals surface area contributed by atoms with Crippen LogP contribution in [0.25, 0.3) is 33.2 Å². The highest BCUT2D eigenvalue weighted by atomic mass is 79.9. The van der Waals surface area contributed by atoms with Crippen LogP contribution in [0, 0.1) is 0 Å². The van der Waals surface area contributed by atoms with Crippen LogP contribution >= 0.6 is 15.9 Å². The summed E-state index contributed by atoms with van der Waals surface area (Å²) in [5.74, 6) is 0. The number of benzene rings is 1. The summed E-state index contributed by atoms with van der Waals surface area (Å²) in [4.78, 5) is 7.85. The minimum Gasteiger partial charge on any atom is -0.361 e. The SMILES string of the molecule is C[Si](C)(C)CCOCn1nc(-c2ccc3cc[nH]c3c2)c2cc(Br)cnc21. The Morgan fingerprint density at radius 2 is 2.04 bits per heavy atom. The Morgan fingerprint density at radius 3 is 2.85 bits per heavy atom. The summed E-state index contributed by atoms with van der Waals surface area (Å²) in [7, 11) is -1.10. The minimum atomic E-state index is -1.10. The van der Waals surface area contributed by atoms with Crippen LogP contribution in [-0.4, -0.2) is 34.4 Å². The molecule has 1 N–H and O–H groups in total. The fourth-order valence-corrected chi connectivity index (χ4v) is 4.15. The van der Waals surface area contributed by atoms with Gasteiger partial charge in [0.15, 0.2) is 5.65 Å². The highest BCUT2D eigenvalue weighted by Gasteiger charge is 2.16. The summed E-state index contributed by atoms with van der Waals surface area (Å²) < 4.78 is 8.72. The van der Waals surface area contributed by atoms with E-state index in [0.29, 0.717) is 6.73 Å². The van der Waals surface area contributed by atoms with Gasteiger partial charge in [-0.25, -0.2) is 9.67 Å². The van der Waals surface area contributed by atoms with Gasteiger partial charge in [0.05, 0.1) is 0 Å². The van der Waals surface area contributed by atoms with Crippen LogP contribution in [0.1, 0.15) is 0 Å². The molecule has 3 aromatic heterocycles. The molecule has 0 aliphatic heterocycles. The van der Waals surface area contributed by atoms with Gasteiger partial charge < -0.3 is 9.72 Å². The summed E-state index contributed by atoms with van der Waals surface area (Å²) in [6.45, 7) is 8.24. The number of pyridine rings is 1. The summed E-state index contributed by atoms with van der Waals surface area (Å²) >= 11 is 3.54. The van der Waals surface area contributed by atoms with E-state index in [1.54, 1.807) is 6.20 Å². The van der Waals surface area contributed by atoms with Crippen molar-refractivity contribution in [2.24, 2.45) is 0 Å². The molecule has 0 amide bonds. The molecule has 0 aliphatic carbocycles. The summed E-state index contributed by atoms with van der Waals surface area (Å²) in [6.07, 6.45) is 3.76. The molecule has 0 spiro atoms. The van der Waals surface area contributed by atoms with Gasteiger partial charge in [-0.2, -0.15) is 5.10 Å². The highest BCUT2D eigenvalue weighted by molar-refractivity contribution is 9.10. The van der Waals surface area contributed by atoms with Crippen LogP contribution in [0.5, 0.6) is 0 Å². The van der Waals surface area contributed by atoms with E-state index in [-0.39, 0.29) is 0 Å². The van der Waals surface area contributed by atoms with Gasteiger partial charge in [-0.3, -0.25) is 0 Å². The number of hydrogen-bond acceptors (Lipinski definition) is 3. The second-order valence-electron chi connectivity index (χ2n) is 8.00. The Hall–Kier alpha value is -1.96. The summed E-state index contributed by atoms with van der Waals surface area (Å²) in [5.41, 5.74) is 3.93. The van der Waals surface area contributed by atoms with Crippen molar-refractivity contribution < 1.29 is 4.74 Å². The molecule has 7 heteroatoms. The predicted molar refractivity (Wildman–Crippen MR) is 117 cm³/mol. The number of fused-ring (bicyclic) bond motifs is 2. The maximum atomic E-state index is 5.92. The molecule has 27 heavy (non-hydrogen) atoms. The zero-order valence-electron chi connectivity index (χ0n) is 15.8. The van der Waals surface area contributed by atoms with Gasteiger partial charge in [0.1, 0.15) is 12.4 Å². The average molecular weight is 443 g/mol. The molecule has 0 bridgehead atoms. The van der Waals surface area contributed by atoms with Gasteiger partial charge in [0.25, 0.3) is 0 Å². The second-order valence-corrected chi connectivity index (χ2v) is 14.5. The maximum Gasteiger partial charge on any atom is 0.160 e. The van der Waals surface area contributed by atoms with Gasteiger partial charge >= 0.3 is 0 Å². The fraction of sp³-hybridized carbons (Fsp3) is 0.300. The van der Waals surface area contributed by atoms with Crippen LogP contribution in [0.2, 0.25) is 25.7 Å². The number of hydrogen-bond donors (Lipinski definition) is 1. The number of rotatable bonds is 6. The fourth-order valence-electron chi connectivity index (χ4n) is 3.06. The van der Waals surface area contributed by atoms with Crippen molar-refractivity contribution in [3.8, 4) is 11.3 Å². The lowest BCUT2D eigenvalue weighted by molar-refractivity contribution is 0.0814. The number of aromatic amines is 1. The number of halogens is 1. The van der Waals surface area contributed by atoms with Gasteiger partial charge in [-0.15, -0.1) is 0 Å². The third-order valence-electron chi connectivity index (χ3n) is 4.59. The van der Waals surface area contributed by atoms with E-state index in [1.165, 1.54) is 5.39 Å². The van der Waals surface area contributed by atoms with E-state index in [0.717, 1.165) is 44.9 Å². The van der Waals surface area contributed by atoms with Crippen molar-refractivity contribution in [3.05, 3.63) is 47.2 Å². The Kier molecular flexibility index (Phi) is 4.92. The van der Waals surface area contributed by atoms with E-state index in [4.69, 9.17) is 9.84 Å². The topological polar surface area (TPSA) is 55.7 Å². The molecule has 0 aliphatic rings.